The Morgan fingerprint density at radius 3 is 2.56 bits per heavy atom. The third kappa shape index (κ3) is 5.31. The van der Waals surface area contributed by atoms with Crippen molar-refractivity contribution in [1.82, 2.24) is 4.90 Å². The van der Waals surface area contributed by atoms with Crippen LogP contribution in [0.25, 0.3) is 0 Å². The van der Waals surface area contributed by atoms with Crippen LogP contribution >= 0.6 is 15.9 Å². The molecule has 1 heterocycles. The summed E-state index contributed by atoms with van der Waals surface area (Å²) in [4.78, 5) is 14.4. The molecule has 0 unspecified atom stereocenters. The van der Waals surface area contributed by atoms with Crippen LogP contribution in [-0.4, -0.2) is 43.0 Å². The lowest BCUT2D eigenvalue weighted by Crippen LogP contribution is -2.45. The Bertz CT molecular complexity index is 612. The van der Waals surface area contributed by atoms with Crippen molar-refractivity contribution in [2.24, 2.45) is 0 Å². The number of carbonyl (C=O) groups is 1. The number of nitrogens with zero attached hydrogens (tertiary/aromatic N) is 1. The first-order valence-corrected chi connectivity index (χ1v) is 9.10. The number of amides is 1. The Labute approximate surface area is 156 Å². The summed E-state index contributed by atoms with van der Waals surface area (Å²) in [6.45, 7) is 6.85. The van der Waals surface area contributed by atoms with Crippen LogP contribution in [0.2, 0.25) is 0 Å². The Morgan fingerprint density at radius 2 is 2.00 bits per heavy atom. The van der Waals surface area contributed by atoms with Gasteiger partial charge < -0.3 is 19.1 Å². The molecule has 1 amide bonds. The van der Waals surface area contributed by atoms with Crippen LogP contribution in [0, 0.1) is 5.82 Å². The molecule has 1 fully saturated rings. The lowest BCUT2D eigenvalue weighted by Gasteiger charge is -2.36. The van der Waals surface area contributed by atoms with Gasteiger partial charge in [-0.1, -0.05) is 0 Å². The molecule has 0 saturated carbocycles. The largest absolute Gasteiger partial charge is 0.496 e. The second-order valence-electron chi connectivity index (χ2n) is 6.99. The van der Waals surface area contributed by atoms with Crippen molar-refractivity contribution in [2.45, 2.75) is 51.8 Å². The van der Waals surface area contributed by atoms with E-state index in [1.807, 2.05) is 20.8 Å². The molecule has 0 atom stereocenters. The van der Waals surface area contributed by atoms with E-state index < -0.39 is 17.5 Å². The SMILES string of the molecule is COc1ccc(F)c(Br)c1CN(C(=O)OC(C)(C)C)C1CCOCC1. The smallest absolute Gasteiger partial charge is 0.410 e. The highest BCUT2D eigenvalue weighted by atomic mass is 79.9. The molecule has 1 saturated heterocycles. The molecule has 2 rings (SSSR count). The summed E-state index contributed by atoms with van der Waals surface area (Å²) < 4.78 is 30.6. The number of halogens is 2. The Hall–Kier alpha value is -1.34. The number of methoxy groups -OCH3 is 1. The second kappa shape index (κ2) is 8.36. The zero-order valence-electron chi connectivity index (χ0n) is 15.1. The van der Waals surface area contributed by atoms with Crippen LogP contribution in [0.1, 0.15) is 39.2 Å². The lowest BCUT2D eigenvalue weighted by atomic mass is 10.1. The van der Waals surface area contributed by atoms with Gasteiger partial charge in [0.2, 0.25) is 0 Å². The van der Waals surface area contributed by atoms with Gasteiger partial charge in [0.25, 0.3) is 0 Å². The summed E-state index contributed by atoms with van der Waals surface area (Å²) in [5.74, 6) is 0.126. The highest BCUT2D eigenvalue weighted by Crippen LogP contribution is 2.32. The summed E-state index contributed by atoms with van der Waals surface area (Å²) in [7, 11) is 1.52. The van der Waals surface area contributed by atoms with E-state index in [2.05, 4.69) is 15.9 Å². The van der Waals surface area contributed by atoms with Gasteiger partial charge in [-0.05, 0) is 61.7 Å². The highest BCUT2D eigenvalue weighted by Gasteiger charge is 2.31. The van der Waals surface area contributed by atoms with Crippen molar-refractivity contribution in [1.29, 1.82) is 0 Å². The van der Waals surface area contributed by atoms with Crippen molar-refractivity contribution in [3.8, 4) is 5.75 Å². The number of rotatable bonds is 4. The molecule has 1 aromatic carbocycles. The molecular formula is C18H25BrFNO4. The van der Waals surface area contributed by atoms with Crippen LogP contribution in [-0.2, 0) is 16.0 Å². The average molecular weight is 418 g/mol. The molecule has 7 heteroatoms. The van der Waals surface area contributed by atoms with E-state index >= 15 is 0 Å². The molecule has 0 aliphatic carbocycles. The van der Waals surface area contributed by atoms with Gasteiger partial charge in [0.05, 0.1) is 18.1 Å². The van der Waals surface area contributed by atoms with Crippen molar-refractivity contribution in [3.05, 3.63) is 28.0 Å². The molecule has 140 valence electrons. The van der Waals surface area contributed by atoms with Gasteiger partial charge in [-0.3, -0.25) is 0 Å². The fraction of sp³-hybridized carbons (Fsp3) is 0.611. The number of hydrogen-bond acceptors (Lipinski definition) is 4. The number of ether oxygens (including phenoxy) is 3. The van der Waals surface area contributed by atoms with Crippen LogP contribution in [0.15, 0.2) is 16.6 Å². The fourth-order valence-corrected chi connectivity index (χ4v) is 3.20. The highest BCUT2D eigenvalue weighted by molar-refractivity contribution is 9.10. The quantitative estimate of drug-likeness (QED) is 0.722. The molecule has 0 N–H and O–H groups in total. The van der Waals surface area contributed by atoms with Crippen LogP contribution in [0.4, 0.5) is 9.18 Å². The third-order valence-corrected chi connectivity index (χ3v) is 4.82. The zero-order valence-corrected chi connectivity index (χ0v) is 16.7. The van der Waals surface area contributed by atoms with Gasteiger partial charge in [-0.25, -0.2) is 9.18 Å². The molecular weight excluding hydrogens is 393 g/mol. The monoisotopic (exact) mass is 417 g/mol. The normalized spacial score (nSPS) is 15.8. The summed E-state index contributed by atoms with van der Waals surface area (Å²) >= 11 is 3.28. The summed E-state index contributed by atoms with van der Waals surface area (Å²) in [5, 5.41) is 0. The fourth-order valence-electron chi connectivity index (χ4n) is 2.74. The van der Waals surface area contributed by atoms with Gasteiger partial charge in [-0.15, -0.1) is 0 Å². The molecule has 0 spiro atoms. The summed E-state index contributed by atoms with van der Waals surface area (Å²) in [6.07, 6.45) is 1.01. The first-order chi connectivity index (χ1) is 11.7. The molecule has 1 aliphatic rings. The van der Waals surface area contributed by atoms with Crippen molar-refractivity contribution < 1.29 is 23.4 Å². The predicted molar refractivity (Wildman–Crippen MR) is 96.3 cm³/mol. The van der Waals surface area contributed by atoms with Gasteiger partial charge in [0.1, 0.15) is 17.2 Å². The zero-order chi connectivity index (χ0) is 18.6. The van der Waals surface area contributed by atoms with E-state index in [0.29, 0.717) is 41.8 Å². The lowest BCUT2D eigenvalue weighted by molar-refractivity contribution is -0.00830. The first-order valence-electron chi connectivity index (χ1n) is 8.31. The maximum absolute atomic E-state index is 14.0. The van der Waals surface area contributed by atoms with Crippen LogP contribution in [0.5, 0.6) is 5.75 Å². The molecule has 0 radical (unpaired) electrons. The minimum Gasteiger partial charge on any atom is -0.496 e. The Morgan fingerprint density at radius 1 is 1.36 bits per heavy atom. The van der Waals surface area contributed by atoms with Gasteiger partial charge >= 0.3 is 6.09 Å². The van der Waals surface area contributed by atoms with Crippen molar-refractivity contribution in [2.75, 3.05) is 20.3 Å². The Balaban J connectivity index is 2.33. The minimum absolute atomic E-state index is 0.0246. The topological polar surface area (TPSA) is 48.0 Å². The Kier molecular flexibility index (Phi) is 6.68. The van der Waals surface area contributed by atoms with Crippen molar-refractivity contribution >= 4 is 22.0 Å². The molecule has 1 aromatic rings. The van der Waals surface area contributed by atoms with Crippen LogP contribution in [0.3, 0.4) is 0 Å². The summed E-state index contributed by atoms with van der Waals surface area (Å²) in [5.41, 5.74) is -0.0242. The molecule has 5 nitrogen and oxygen atoms in total. The molecule has 0 bridgehead atoms. The maximum Gasteiger partial charge on any atom is 0.410 e. The van der Waals surface area contributed by atoms with E-state index in [1.165, 1.54) is 13.2 Å². The second-order valence-corrected chi connectivity index (χ2v) is 7.79. The van der Waals surface area contributed by atoms with E-state index in [-0.39, 0.29) is 12.6 Å². The van der Waals surface area contributed by atoms with E-state index in [0.717, 1.165) is 0 Å². The summed E-state index contributed by atoms with van der Waals surface area (Å²) in [6, 6.07) is 2.87. The predicted octanol–water partition coefficient (Wildman–Crippen LogP) is 4.51. The van der Waals surface area contributed by atoms with E-state index in [9.17, 15) is 9.18 Å². The third-order valence-electron chi connectivity index (χ3n) is 3.96. The van der Waals surface area contributed by atoms with Gasteiger partial charge in [0.15, 0.2) is 0 Å². The molecule has 0 aromatic heterocycles. The first kappa shape index (κ1) is 20.0. The van der Waals surface area contributed by atoms with Crippen molar-refractivity contribution in [3.63, 3.8) is 0 Å². The minimum atomic E-state index is -0.607. The van der Waals surface area contributed by atoms with Gasteiger partial charge in [-0.2, -0.15) is 0 Å². The molecule has 25 heavy (non-hydrogen) atoms. The molecule has 1 aliphatic heterocycles. The van der Waals surface area contributed by atoms with Crippen LogP contribution < -0.4 is 4.74 Å². The standard InChI is InChI=1S/C18H25BrFNO4/c1-18(2,3)25-17(22)21(12-7-9-24-10-8-12)11-13-15(23-4)6-5-14(20)16(13)19/h5-6,12H,7-11H2,1-4H3. The van der Waals surface area contributed by atoms with E-state index in [1.54, 1.807) is 11.0 Å². The maximum atomic E-state index is 14.0. The average Bonchev–Trinajstić information content (AvgIpc) is 2.55. The van der Waals surface area contributed by atoms with Gasteiger partial charge in [0, 0.05) is 24.8 Å². The number of carbonyl (C=O) groups excluding carboxylic acids is 1. The number of hydrogen-bond donors (Lipinski definition) is 0. The van der Waals surface area contributed by atoms with E-state index in [4.69, 9.17) is 14.2 Å². The number of benzene rings is 1.